The molecule has 0 spiro atoms. The van der Waals surface area contributed by atoms with Crippen LogP contribution in [0.3, 0.4) is 0 Å². The zero-order valence-corrected chi connectivity index (χ0v) is 9.34. The lowest BCUT2D eigenvalue weighted by Crippen LogP contribution is -2.20. The molecule has 1 N–H and O–H groups in total. The molecule has 4 nitrogen and oxygen atoms in total. The molecule has 0 aliphatic carbocycles. The fourth-order valence-corrected chi connectivity index (χ4v) is 2.29. The van der Waals surface area contributed by atoms with E-state index in [1.165, 1.54) is 6.92 Å². The largest absolute Gasteiger partial charge is 0.318 e. The molecular formula is C10H11N3OS. The highest BCUT2D eigenvalue weighted by molar-refractivity contribution is 7.16. The van der Waals surface area contributed by atoms with Crippen LogP contribution in [0.1, 0.15) is 6.92 Å². The molecule has 1 aromatic carbocycles. The molecule has 0 saturated heterocycles. The Balaban J connectivity index is 2.58. The van der Waals surface area contributed by atoms with Gasteiger partial charge in [0.15, 0.2) is 0 Å². The number of para-hydroxylation sites is 1. The minimum atomic E-state index is -0.160. The van der Waals surface area contributed by atoms with Crippen molar-refractivity contribution in [1.29, 1.82) is 0 Å². The number of amides is 1. The maximum Gasteiger partial charge on any atom is 0.237 e. The summed E-state index contributed by atoms with van der Waals surface area (Å²) in [6, 6.07) is 8.03. The van der Waals surface area contributed by atoms with Crippen molar-refractivity contribution in [2.75, 3.05) is 0 Å². The van der Waals surface area contributed by atoms with E-state index in [1.54, 1.807) is 11.3 Å². The average molecular weight is 221 g/mol. The fraction of sp³-hybridized carbons (Fsp3) is 0.200. The van der Waals surface area contributed by atoms with Gasteiger partial charge in [0.2, 0.25) is 10.7 Å². The fourth-order valence-electron chi connectivity index (χ4n) is 1.31. The van der Waals surface area contributed by atoms with Crippen molar-refractivity contribution >= 4 is 27.5 Å². The number of aryl methyl sites for hydroxylation is 1. The first-order valence-corrected chi connectivity index (χ1v) is 5.35. The molecular weight excluding hydrogens is 210 g/mol. The van der Waals surface area contributed by atoms with Crippen molar-refractivity contribution in [3.63, 3.8) is 0 Å². The van der Waals surface area contributed by atoms with Crippen LogP contribution in [0.25, 0.3) is 10.2 Å². The quantitative estimate of drug-likeness (QED) is 0.722. The van der Waals surface area contributed by atoms with Gasteiger partial charge in [-0.15, -0.1) is 5.10 Å². The Morgan fingerprint density at radius 2 is 2.20 bits per heavy atom. The Morgan fingerprint density at radius 3 is 2.87 bits per heavy atom. The number of hydrogen-bond acceptors (Lipinski definition) is 3. The van der Waals surface area contributed by atoms with Gasteiger partial charge in [-0.25, -0.2) is 5.43 Å². The van der Waals surface area contributed by atoms with Crippen LogP contribution >= 0.6 is 11.3 Å². The third kappa shape index (κ3) is 1.92. The van der Waals surface area contributed by atoms with Crippen LogP contribution in [0.4, 0.5) is 0 Å². The molecule has 0 radical (unpaired) electrons. The predicted molar refractivity (Wildman–Crippen MR) is 60.2 cm³/mol. The lowest BCUT2D eigenvalue weighted by Gasteiger charge is -1.94. The van der Waals surface area contributed by atoms with E-state index in [-0.39, 0.29) is 5.91 Å². The van der Waals surface area contributed by atoms with E-state index >= 15 is 0 Å². The predicted octanol–water partition coefficient (Wildman–Crippen LogP) is 1.19. The summed E-state index contributed by atoms with van der Waals surface area (Å²) in [5, 5.41) is 4.02. The van der Waals surface area contributed by atoms with Gasteiger partial charge in [-0.05, 0) is 12.1 Å². The lowest BCUT2D eigenvalue weighted by molar-refractivity contribution is -0.119. The number of aromatic nitrogens is 1. The first-order valence-electron chi connectivity index (χ1n) is 4.53. The summed E-state index contributed by atoms with van der Waals surface area (Å²) in [5.41, 5.74) is 3.56. The Labute approximate surface area is 90.9 Å². The summed E-state index contributed by atoms with van der Waals surface area (Å²) in [7, 11) is 1.93. The standard InChI is InChI=1S/C10H11N3OS/c1-7(14)11-12-10-13(2)8-5-3-4-6-9(8)15-10/h3-6H,1-2H3,(H,11,14)/b12-10-. The second kappa shape index (κ2) is 3.86. The third-order valence-electron chi connectivity index (χ3n) is 2.02. The minimum absolute atomic E-state index is 0.160. The van der Waals surface area contributed by atoms with Gasteiger partial charge < -0.3 is 4.57 Å². The summed E-state index contributed by atoms with van der Waals surface area (Å²) >= 11 is 1.55. The van der Waals surface area contributed by atoms with Crippen molar-refractivity contribution in [3.05, 3.63) is 29.1 Å². The summed E-state index contributed by atoms with van der Waals surface area (Å²) in [6.45, 7) is 1.44. The van der Waals surface area contributed by atoms with E-state index in [0.29, 0.717) is 0 Å². The Bertz CT molecular complexity index is 567. The number of thiazole rings is 1. The molecule has 0 aliphatic heterocycles. The van der Waals surface area contributed by atoms with Crippen molar-refractivity contribution in [2.24, 2.45) is 12.1 Å². The van der Waals surface area contributed by atoms with Gasteiger partial charge in [-0.3, -0.25) is 4.79 Å². The zero-order chi connectivity index (χ0) is 10.8. The Hall–Kier alpha value is -1.62. The molecule has 1 heterocycles. The number of nitrogens with one attached hydrogen (secondary N) is 1. The molecule has 1 amide bonds. The first-order chi connectivity index (χ1) is 7.18. The van der Waals surface area contributed by atoms with E-state index in [0.717, 1.165) is 15.0 Å². The van der Waals surface area contributed by atoms with Crippen LogP contribution < -0.4 is 10.2 Å². The van der Waals surface area contributed by atoms with E-state index in [9.17, 15) is 4.79 Å². The van der Waals surface area contributed by atoms with Crippen LogP contribution in [0.5, 0.6) is 0 Å². The van der Waals surface area contributed by atoms with Crippen LogP contribution in [-0.2, 0) is 11.8 Å². The summed E-state index contributed by atoms with van der Waals surface area (Å²) in [4.78, 5) is 11.5. The molecule has 1 aromatic heterocycles. The molecule has 5 heteroatoms. The summed E-state index contributed by atoms with van der Waals surface area (Å²) in [5.74, 6) is -0.160. The number of rotatable bonds is 1. The second-order valence-corrected chi connectivity index (χ2v) is 4.20. The highest BCUT2D eigenvalue weighted by atomic mass is 32.1. The summed E-state index contributed by atoms with van der Waals surface area (Å²) < 4.78 is 3.11. The number of carbonyl (C=O) groups excluding carboxylic acids is 1. The van der Waals surface area contributed by atoms with Gasteiger partial charge in [-0.1, -0.05) is 23.5 Å². The maximum absolute atomic E-state index is 10.7. The molecule has 0 atom stereocenters. The number of nitrogens with zero attached hydrogens (tertiary/aromatic N) is 2. The molecule has 78 valence electrons. The van der Waals surface area contributed by atoms with Crippen molar-refractivity contribution in [3.8, 4) is 0 Å². The van der Waals surface area contributed by atoms with Crippen molar-refractivity contribution in [1.82, 2.24) is 9.99 Å². The number of benzene rings is 1. The molecule has 2 aromatic rings. The van der Waals surface area contributed by atoms with Gasteiger partial charge in [0.1, 0.15) is 0 Å². The first kappa shape index (κ1) is 9.92. The van der Waals surface area contributed by atoms with Crippen LogP contribution in [0, 0.1) is 0 Å². The van der Waals surface area contributed by atoms with Gasteiger partial charge in [-0.2, -0.15) is 0 Å². The maximum atomic E-state index is 10.7. The number of fused-ring (bicyclic) bond motifs is 1. The zero-order valence-electron chi connectivity index (χ0n) is 8.52. The van der Waals surface area contributed by atoms with Crippen molar-refractivity contribution in [2.45, 2.75) is 6.92 Å². The monoisotopic (exact) mass is 221 g/mol. The van der Waals surface area contributed by atoms with Gasteiger partial charge in [0.05, 0.1) is 10.2 Å². The van der Waals surface area contributed by atoms with E-state index < -0.39 is 0 Å². The minimum Gasteiger partial charge on any atom is -0.318 e. The van der Waals surface area contributed by atoms with Crippen LogP contribution in [0.2, 0.25) is 0 Å². The lowest BCUT2D eigenvalue weighted by atomic mass is 10.3. The topological polar surface area (TPSA) is 46.4 Å². The molecule has 0 unspecified atom stereocenters. The van der Waals surface area contributed by atoms with E-state index in [4.69, 9.17) is 0 Å². The normalized spacial score (nSPS) is 12.0. The van der Waals surface area contributed by atoms with Crippen LogP contribution in [-0.4, -0.2) is 10.5 Å². The smallest absolute Gasteiger partial charge is 0.237 e. The average Bonchev–Trinajstić information content (AvgIpc) is 2.54. The molecule has 2 rings (SSSR count). The van der Waals surface area contributed by atoms with Gasteiger partial charge >= 0.3 is 0 Å². The Morgan fingerprint density at radius 1 is 1.47 bits per heavy atom. The van der Waals surface area contributed by atoms with Gasteiger partial charge in [0.25, 0.3) is 0 Å². The number of carbonyl (C=O) groups is 1. The highest BCUT2D eigenvalue weighted by Crippen LogP contribution is 2.14. The SMILES string of the molecule is CC(=O)N/N=c1\sc2ccccc2n1C. The van der Waals surface area contributed by atoms with E-state index in [2.05, 4.69) is 10.5 Å². The second-order valence-electron chi connectivity index (χ2n) is 3.19. The third-order valence-corrected chi connectivity index (χ3v) is 3.14. The summed E-state index contributed by atoms with van der Waals surface area (Å²) in [6.07, 6.45) is 0. The molecule has 0 aliphatic rings. The van der Waals surface area contributed by atoms with Gasteiger partial charge in [0, 0.05) is 14.0 Å². The van der Waals surface area contributed by atoms with E-state index in [1.807, 2.05) is 35.9 Å². The van der Waals surface area contributed by atoms with Crippen molar-refractivity contribution < 1.29 is 4.79 Å². The molecule has 0 fully saturated rings. The van der Waals surface area contributed by atoms with Crippen LogP contribution in [0.15, 0.2) is 29.4 Å². The Kier molecular flexibility index (Phi) is 2.55. The molecule has 15 heavy (non-hydrogen) atoms. The number of hydrogen-bond donors (Lipinski definition) is 1. The molecule has 0 bridgehead atoms. The molecule has 0 saturated carbocycles. The highest BCUT2D eigenvalue weighted by Gasteiger charge is 2.00.